The Morgan fingerprint density at radius 1 is 0.957 bits per heavy atom. The number of carbonyl (C=O) groups excluding carboxylic acids is 1. The lowest BCUT2D eigenvalue weighted by Gasteiger charge is -2.03. The van der Waals surface area contributed by atoms with E-state index in [0.29, 0.717) is 17.0 Å². The number of aliphatic imine (C=N–C) groups is 2. The van der Waals surface area contributed by atoms with Crippen molar-refractivity contribution in [2.24, 2.45) is 9.98 Å². The molecule has 1 aliphatic heterocycles. The third-order valence-electron chi connectivity index (χ3n) is 3.64. The van der Waals surface area contributed by atoms with Crippen LogP contribution >= 0.6 is 0 Å². The van der Waals surface area contributed by atoms with Crippen LogP contribution < -0.4 is 0 Å². The highest BCUT2D eigenvalue weighted by Gasteiger charge is 2.24. The molecular formula is C19H12N2O2. The zero-order chi connectivity index (χ0) is 15.6. The molecule has 4 heteroatoms. The number of para-hydroxylation sites is 1. The van der Waals surface area contributed by atoms with Gasteiger partial charge in [0.25, 0.3) is 5.91 Å². The molecule has 1 aliphatic rings. The molecule has 1 aromatic heterocycles. The van der Waals surface area contributed by atoms with Crippen molar-refractivity contribution in [1.29, 1.82) is 0 Å². The summed E-state index contributed by atoms with van der Waals surface area (Å²) < 4.78 is 4.96. The van der Waals surface area contributed by atoms with Crippen LogP contribution in [0.15, 0.2) is 87.6 Å². The Bertz CT molecular complexity index is 923. The number of hydrogen-bond donors (Lipinski definition) is 0. The predicted octanol–water partition coefficient (Wildman–Crippen LogP) is 4.04. The summed E-state index contributed by atoms with van der Waals surface area (Å²) in [4.78, 5) is 21.3. The smallest absolute Gasteiger partial charge is 0.280 e. The lowest BCUT2D eigenvalue weighted by atomic mass is 10.0. The van der Waals surface area contributed by atoms with Crippen LogP contribution in [-0.2, 0) is 0 Å². The molecule has 23 heavy (non-hydrogen) atoms. The zero-order valence-electron chi connectivity index (χ0n) is 12.1. The van der Waals surface area contributed by atoms with Gasteiger partial charge in [-0.05, 0) is 12.1 Å². The normalized spacial score (nSPS) is 14.6. The average Bonchev–Trinajstić information content (AvgIpc) is 3.24. The van der Waals surface area contributed by atoms with E-state index < -0.39 is 0 Å². The first-order valence-electron chi connectivity index (χ1n) is 7.22. The molecule has 0 saturated heterocycles. The lowest BCUT2D eigenvalue weighted by Crippen LogP contribution is -2.15. The largest absolute Gasteiger partial charge is 0.472 e. The van der Waals surface area contributed by atoms with Crippen LogP contribution in [0.3, 0.4) is 0 Å². The minimum Gasteiger partial charge on any atom is -0.472 e. The SMILES string of the molecule is O=C(N=C1C(c2ccccc2)=Nc2ccccc21)c1ccoc1. The predicted molar refractivity (Wildman–Crippen MR) is 88.7 cm³/mol. The average molecular weight is 300 g/mol. The Kier molecular flexibility index (Phi) is 3.20. The quantitative estimate of drug-likeness (QED) is 0.717. The highest BCUT2D eigenvalue weighted by atomic mass is 16.3. The van der Waals surface area contributed by atoms with Crippen LogP contribution in [0.1, 0.15) is 21.5 Å². The third kappa shape index (κ3) is 2.40. The molecule has 0 bridgehead atoms. The van der Waals surface area contributed by atoms with Crippen LogP contribution in [0.2, 0.25) is 0 Å². The second-order valence-corrected chi connectivity index (χ2v) is 5.12. The molecule has 2 heterocycles. The van der Waals surface area contributed by atoms with E-state index in [1.54, 1.807) is 6.07 Å². The fourth-order valence-electron chi connectivity index (χ4n) is 2.54. The fraction of sp³-hybridized carbons (Fsp3) is 0. The molecule has 4 nitrogen and oxygen atoms in total. The van der Waals surface area contributed by atoms with E-state index in [1.165, 1.54) is 12.5 Å². The van der Waals surface area contributed by atoms with Crippen molar-refractivity contribution < 1.29 is 9.21 Å². The lowest BCUT2D eigenvalue weighted by molar-refractivity contribution is 0.100. The first kappa shape index (κ1) is 13.4. The molecule has 2 aromatic carbocycles. The monoisotopic (exact) mass is 300 g/mol. The first-order chi connectivity index (χ1) is 11.3. The van der Waals surface area contributed by atoms with Gasteiger partial charge >= 0.3 is 0 Å². The summed E-state index contributed by atoms with van der Waals surface area (Å²) in [5.41, 5.74) is 4.35. The van der Waals surface area contributed by atoms with Crippen molar-refractivity contribution in [1.82, 2.24) is 0 Å². The second kappa shape index (κ2) is 5.50. The standard InChI is InChI=1S/C19H12N2O2/c22-19(14-10-11-23-12-14)21-18-15-8-4-5-9-16(15)20-17(18)13-6-2-1-3-7-13/h1-12H. The summed E-state index contributed by atoms with van der Waals surface area (Å²) in [6.45, 7) is 0. The Hall–Kier alpha value is -3.27. The van der Waals surface area contributed by atoms with E-state index in [-0.39, 0.29) is 5.91 Å². The Balaban J connectivity index is 1.84. The maximum atomic E-state index is 12.3. The van der Waals surface area contributed by atoms with Gasteiger partial charge in [0.1, 0.15) is 12.0 Å². The maximum absolute atomic E-state index is 12.3. The topological polar surface area (TPSA) is 54.9 Å². The van der Waals surface area contributed by atoms with Gasteiger partial charge in [0.15, 0.2) is 0 Å². The summed E-state index contributed by atoms with van der Waals surface area (Å²) in [7, 11) is 0. The number of amides is 1. The third-order valence-corrected chi connectivity index (χ3v) is 3.64. The number of nitrogens with zero attached hydrogens (tertiary/aromatic N) is 2. The van der Waals surface area contributed by atoms with Crippen molar-refractivity contribution in [3.05, 3.63) is 89.9 Å². The number of hydrogen-bond acceptors (Lipinski definition) is 3. The highest BCUT2D eigenvalue weighted by Crippen LogP contribution is 2.29. The highest BCUT2D eigenvalue weighted by molar-refractivity contribution is 6.58. The Morgan fingerprint density at radius 2 is 1.74 bits per heavy atom. The van der Waals surface area contributed by atoms with Gasteiger partial charge in [0.05, 0.1) is 23.2 Å². The van der Waals surface area contributed by atoms with Crippen LogP contribution in [0.4, 0.5) is 5.69 Å². The molecule has 0 saturated carbocycles. The molecule has 0 aliphatic carbocycles. The van der Waals surface area contributed by atoms with Crippen molar-refractivity contribution in [3.8, 4) is 0 Å². The maximum Gasteiger partial charge on any atom is 0.280 e. The second-order valence-electron chi connectivity index (χ2n) is 5.12. The van der Waals surface area contributed by atoms with E-state index in [2.05, 4.69) is 9.98 Å². The molecule has 4 rings (SSSR count). The summed E-state index contributed by atoms with van der Waals surface area (Å²) in [6, 6.07) is 19.0. The minimum absolute atomic E-state index is 0.339. The summed E-state index contributed by atoms with van der Waals surface area (Å²) in [6.07, 6.45) is 2.86. The Morgan fingerprint density at radius 3 is 2.52 bits per heavy atom. The van der Waals surface area contributed by atoms with Crippen molar-refractivity contribution in [2.45, 2.75) is 0 Å². The molecule has 0 atom stereocenters. The van der Waals surface area contributed by atoms with Crippen molar-refractivity contribution >= 4 is 23.0 Å². The molecule has 0 spiro atoms. The van der Waals surface area contributed by atoms with Gasteiger partial charge in [0, 0.05) is 11.1 Å². The number of benzene rings is 2. The fourth-order valence-corrected chi connectivity index (χ4v) is 2.54. The summed E-state index contributed by atoms with van der Waals surface area (Å²) in [5.74, 6) is -0.339. The van der Waals surface area contributed by atoms with Crippen LogP contribution in [0.25, 0.3) is 0 Å². The molecule has 0 fully saturated rings. The van der Waals surface area contributed by atoms with Gasteiger partial charge in [-0.25, -0.2) is 9.98 Å². The summed E-state index contributed by atoms with van der Waals surface area (Å²) >= 11 is 0. The van der Waals surface area contributed by atoms with Crippen molar-refractivity contribution in [2.75, 3.05) is 0 Å². The minimum atomic E-state index is -0.339. The van der Waals surface area contributed by atoms with E-state index in [0.717, 1.165) is 16.8 Å². The first-order valence-corrected chi connectivity index (χ1v) is 7.22. The number of rotatable bonds is 2. The van der Waals surface area contributed by atoms with Gasteiger partial charge in [-0.15, -0.1) is 0 Å². The van der Waals surface area contributed by atoms with E-state index >= 15 is 0 Å². The number of furan rings is 1. The van der Waals surface area contributed by atoms with Crippen LogP contribution in [-0.4, -0.2) is 17.3 Å². The van der Waals surface area contributed by atoms with Gasteiger partial charge in [-0.2, -0.15) is 0 Å². The molecular weight excluding hydrogens is 288 g/mol. The van der Waals surface area contributed by atoms with Gasteiger partial charge in [0.2, 0.25) is 0 Å². The molecule has 0 unspecified atom stereocenters. The zero-order valence-corrected chi connectivity index (χ0v) is 12.1. The van der Waals surface area contributed by atoms with E-state index in [1.807, 2.05) is 54.6 Å². The van der Waals surface area contributed by atoms with Gasteiger partial charge in [-0.1, -0.05) is 48.5 Å². The van der Waals surface area contributed by atoms with Gasteiger partial charge < -0.3 is 4.42 Å². The van der Waals surface area contributed by atoms with Gasteiger partial charge in [-0.3, -0.25) is 4.79 Å². The molecule has 0 radical (unpaired) electrons. The van der Waals surface area contributed by atoms with Crippen molar-refractivity contribution in [3.63, 3.8) is 0 Å². The molecule has 3 aromatic rings. The van der Waals surface area contributed by atoms with E-state index in [9.17, 15) is 4.79 Å². The molecule has 1 amide bonds. The number of carbonyl (C=O) groups is 1. The molecule has 0 N–H and O–H groups in total. The van der Waals surface area contributed by atoms with Crippen LogP contribution in [0, 0.1) is 0 Å². The number of fused-ring (bicyclic) bond motifs is 1. The summed E-state index contributed by atoms with van der Waals surface area (Å²) in [5, 5.41) is 0. The Labute approximate surface area is 132 Å². The molecule has 110 valence electrons. The van der Waals surface area contributed by atoms with E-state index in [4.69, 9.17) is 4.42 Å². The van der Waals surface area contributed by atoms with Crippen LogP contribution in [0.5, 0.6) is 0 Å².